The van der Waals surface area contributed by atoms with Gasteiger partial charge in [-0.05, 0) is 43.5 Å². The SMILES string of the molecule is O=C1O[C@H]2CCCC[C@H]2[C@@H]1NN(c1ccccc1)c1ccccc1. The smallest absolute Gasteiger partial charge is 0.325 e. The van der Waals surface area contributed by atoms with Crippen LogP contribution in [0.15, 0.2) is 60.7 Å². The minimum Gasteiger partial charge on any atom is -0.461 e. The third kappa shape index (κ3) is 2.89. The first-order valence-electron chi connectivity index (χ1n) is 8.70. The molecule has 1 heterocycles. The summed E-state index contributed by atoms with van der Waals surface area (Å²) in [6.45, 7) is 0. The quantitative estimate of drug-likeness (QED) is 0.686. The first-order valence-corrected chi connectivity index (χ1v) is 8.70. The van der Waals surface area contributed by atoms with Crippen LogP contribution < -0.4 is 10.4 Å². The summed E-state index contributed by atoms with van der Waals surface area (Å²) in [5.74, 6) is 0.143. The Morgan fingerprint density at radius 1 is 0.875 bits per heavy atom. The molecule has 0 amide bonds. The van der Waals surface area contributed by atoms with E-state index in [4.69, 9.17) is 4.74 Å². The lowest BCUT2D eigenvalue weighted by Crippen LogP contribution is -2.48. The van der Waals surface area contributed by atoms with Crippen molar-refractivity contribution in [1.29, 1.82) is 0 Å². The van der Waals surface area contributed by atoms with E-state index in [-0.39, 0.29) is 24.0 Å². The molecule has 1 aliphatic heterocycles. The van der Waals surface area contributed by atoms with Gasteiger partial charge in [-0.2, -0.15) is 0 Å². The van der Waals surface area contributed by atoms with Crippen LogP contribution in [0.2, 0.25) is 0 Å². The lowest BCUT2D eigenvalue weighted by Gasteiger charge is -2.31. The number of carbonyl (C=O) groups excluding carboxylic acids is 1. The Labute approximate surface area is 142 Å². The molecule has 1 saturated heterocycles. The van der Waals surface area contributed by atoms with Crippen molar-refractivity contribution in [3.63, 3.8) is 0 Å². The van der Waals surface area contributed by atoms with Crippen LogP contribution in [0.4, 0.5) is 11.4 Å². The van der Waals surface area contributed by atoms with E-state index < -0.39 is 0 Å². The molecule has 4 heteroatoms. The van der Waals surface area contributed by atoms with Gasteiger partial charge < -0.3 is 4.74 Å². The molecule has 4 nitrogen and oxygen atoms in total. The van der Waals surface area contributed by atoms with Gasteiger partial charge in [0.05, 0.1) is 11.4 Å². The van der Waals surface area contributed by atoms with Crippen molar-refractivity contribution >= 4 is 17.3 Å². The zero-order valence-corrected chi connectivity index (χ0v) is 13.6. The molecule has 2 aromatic carbocycles. The molecule has 0 bridgehead atoms. The Morgan fingerprint density at radius 3 is 2.08 bits per heavy atom. The maximum absolute atomic E-state index is 12.4. The molecular weight excluding hydrogens is 300 g/mol. The molecule has 24 heavy (non-hydrogen) atoms. The Kier molecular flexibility index (Phi) is 4.22. The van der Waals surface area contributed by atoms with Gasteiger partial charge in [0.2, 0.25) is 0 Å². The number of hydrazine groups is 1. The number of nitrogens with zero attached hydrogens (tertiary/aromatic N) is 1. The number of rotatable bonds is 4. The second-order valence-electron chi connectivity index (χ2n) is 6.54. The molecular formula is C20H22N2O2. The van der Waals surface area contributed by atoms with Crippen molar-refractivity contribution in [2.24, 2.45) is 5.92 Å². The summed E-state index contributed by atoms with van der Waals surface area (Å²) in [4.78, 5) is 12.4. The van der Waals surface area contributed by atoms with Gasteiger partial charge >= 0.3 is 5.97 Å². The molecule has 124 valence electrons. The van der Waals surface area contributed by atoms with Crippen LogP contribution in [0.3, 0.4) is 0 Å². The highest BCUT2D eigenvalue weighted by Gasteiger charge is 2.46. The molecule has 2 aromatic rings. The second-order valence-corrected chi connectivity index (χ2v) is 6.54. The molecule has 0 spiro atoms. The second kappa shape index (κ2) is 6.65. The van der Waals surface area contributed by atoms with E-state index in [9.17, 15) is 4.79 Å². The molecule has 0 unspecified atom stereocenters. The maximum Gasteiger partial charge on any atom is 0.325 e. The van der Waals surface area contributed by atoms with Gasteiger partial charge in [-0.15, -0.1) is 0 Å². The largest absolute Gasteiger partial charge is 0.461 e. The van der Waals surface area contributed by atoms with E-state index in [0.717, 1.165) is 30.6 Å². The number of benzene rings is 2. The molecule has 2 aliphatic rings. The van der Waals surface area contributed by atoms with E-state index in [2.05, 4.69) is 5.43 Å². The van der Waals surface area contributed by atoms with Gasteiger partial charge in [-0.1, -0.05) is 42.8 Å². The maximum atomic E-state index is 12.4. The number of para-hydroxylation sites is 2. The minimum absolute atomic E-state index is 0.0807. The van der Waals surface area contributed by atoms with Gasteiger partial charge in [-0.3, -0.25) is 9.80 Å². The molecule has 1 N–H and O–H groups in total. The van der Waals surface area contributed by atoms with E-state index in [1.807, 2.05) is 65.7 Å². The summed E-state index contributed by atoms with van der Waals surface area (Å²) in [6.07, 6.45) is 4.45. The summed E-state index contributed by atoms with van der Waals surface area (Å²) >= 11 is 0. The fourth-order valence-corrected chi connectivity index (χ4v) is 3.79. The van der Waals surface area contributed by atoms with Crippen molar-refractivity contribution in [1.82, 2.24) is 5.43 Å². The van der Waals surface area contributed by atoms with Gasteiger partial charge in [0, 0.05) is 5.92 Å². The Hall–Kier alpha value is -2.33. The van der Waals surface area contributed by atoms with Gasteiger partial charge in [0.1, 0.15) is 12.1 Å². The van der Waals surface area contributed by atoms with Crippen molar-refractivity contribution in [2.75, 3.05) is 5.01 Å². The number of fused-ring (bicyclic) bond motifs is 1. The normalized spacial score (nSPS) is 25.8. The van der Waals surface area contributed by atoms with Crippen LogP contribution in [-0.4, -0.2) is 18.1 Å². The highest BCUT2D eigenvalue weighted by atomic mass is 16.6. The zero-order chi connectivity index (χ0) is 16.4. The fraction of sp³-hybridized carbons (Fsp3) is 0.350. The van der Waals surface area contributed by atoms with Gasteiger partial charge in [0.15, 0.2) is 0 Å². The summed E-state index contributed by atoms with van der Waals surface area (Å²) in [7, 11) is 0. The molecule has 1 aliphatic carbocycles. The Bertz CT molecular complexity index is 650. The average molecular weight is 322 g/mol. The number of ether oxygens (including phenoxy) is 1. The first kappa shape index (κ1) is 15.2. The number of nitrogens with one attached hydrogen (secondary N) is 1. The molecule has 0 aromatic heterocycles. The number of hydrogen-bond acceptors (Lipinski definition) is 4. The lowest BCUT2D eigenvalue weighted by molar-refractivity contribution is -0.143. The van der Waals surface area contributed by atoms with Crippen molar-refractivity contribution in [3.05, 3.63) is 60.7 Å². The average Bonchev–Trinajstić information content (AvgIpc) is 2.96. The van der Waals surface area contributed by atoms with E-state index in [0.29, 0.717) is 0 Å². The number of esters is 1. The van der Waals surface area contributed by atoms with Crippen LogP contribution in [0, 0.1) is 5.92 Å². The molecule has 4 rings (SSSR count). The summed E-state index contributed by atoms with van der Waals surface area (Å²) in [5, 5.41) is 2.00. The van der Waals surface area contributed by atoms with Gasteiger partial charge in [0.25, 0.3) is 0 Å². The minimum atomic E-state index is -0.282. The van der Waals surface area contributed by atoms with E-state index >= 15 is 0 Å². The van der Waals surface area contributed by atoms with Crippen LogP contribution in [-0.2, 0) is 9.53 Å². The molecule has 2 fully saturated rings. The standard InChI is InChI=1S/C20H22N2O2/c23-20-19(17-13-7-8-14-18(17)24-20)21-22(15-9-3-1-4-10-15)16-11-5-2-6-12-16/h1-6,9-12,17-19,21H,7-8,13-14H2/t17-,18+,19+/m1/s1. The Morgan fingerprint density at radius 2 is 1.46 bits per heavy atom. The van der Waals surface area contributed by atoms with Crippen molar-refractivity contribution < 1.29 is 9.53 Å². The highest BCUT2D eigenvalue weighted by molar-refractivity contribution is 5.79. The number of carbonyl (C=O) groups is 1. The fourth-order valence-electron chi connectivity index (χ4n) is 3.79. The van der Waals surface area contributed by atoms with E-state index in [1.54, 1.807) is 0 Å². The van der Waals surface area contributed by atoms with Crippen molar-refractivity contribution in [2.45, 2.75) is 37.8 Å². The zero-order valence-electron chi connectivity index (χ0n) is 13.6. The highest BCUT2D eigenvalue weighted by Crippen LogP contribution is 2.36. The summed E-state index contributed by atoms with van der Waals surface area (Å²) in [5.41, 5.74) is 5.48. The third-order valence-electron chi connectivity index (χ3n) is 5.00. The van der Waals surface area contributed by atoms with Crippen LogP contribution in [0.25, 0.3) is 0 Å². The van der Waals surface area contributed by atoms with Crippen LogP contribution in [0.5, 0.6) is 0 Å². The van der Waals surface area contributed by atoms with Crippen molar-refractivity contribution in [3.8, 4) is 0 Å². The molecule has 1 saturated carbocycles. The lowest BCUT2D eigenvalue weighted by atomic mass is 9.84. The van der Waals surface area contributed by atoms with Gasteiger partial charge in [-0.25, -0.2) is 5.43 Å². The molecule has 3 atom stereocenters. The molecule has 0 radical (unpaired) electrons. The Balaban J connectivity index is 1.64. The predicted molar refractivity (Wildman–Crippen MR) is 93.8 cm³/mol. The van der Waals surface area contributed by atoms with Crippen LogP contribution in [0.1, 0.15) is 25.7 Å². The third-order valence-corrected chi connectivity index (χ3v) is 5.00. The monoisotopic (exact) mass is 322 g/mol. The number of hydrogen-bond donors (Lipinski definition) is 1. The summed E-state index contributed by atoms with van der Waals surface area (Å²) < 4.78 is 5.62. The van der Waals surface area contributed by atoms with Crippen LogP contribution >= 0.6 is 0 Å². The first-order chi connectivity index (χ1) is 11.8. The predicted octanol–water partition coefficient (Wildman–Crippen LogP) is 3.81. The topological polar surface area (TPSA) is 41.6 Å². The number of anilines is 2. The van der Waals surface area contributed by atoms with E-state index in [1.165, 1.54) is 6.42 Å². The summed E-state index contributed by atoms with van der Waals surface area (Å²) in [6, 6.07) is 19.9.